The Morgan fingerprint density at radius 2 is 1.80 bits per heavy atom. The van der Waals surface area contributed by atoms with E-state index in [4.69, 9.17) is 0 Å². The van der Waals surface area contributed by atoms with E-state index in [9.17, 15) is 24.1 Å². The first-order valence-corrected chi connectivity index (χ1v) is 9.91. The Balaban J connectivity index is 2.33. The summed E-state index contributed by atoms with van der Waals surface area (Å²) in [6.07, 6.45) is 0.916. The quantitative estimate of drug-likeness (QED) is 0.474. The Bertz CT molecular complexity index is 886. The fraction of sp³-hybridized carbons (Fsp3) is 0.364. The predicted octanol–water partition coefficient (Wildman–Crippen LogP) is 3.61. The lowest BCUT2D eigenvalue weighted by Crippen LogP contribution is -2.49. The number of para-hydroxylation sites is 1. The van der Waals surface area contributed by atoms with E-state index in [0.29, 0.717) is 18.5 Å². The molecule has 30 heavy (non-hydrogen) atoms. The number of hydrogen-bond acceptors (Lipinski definition) is 4. The van der Waals surface area contributed by atoms with Crippen LogP contribution < -0.4 is 5.32 Å². The van der Waals surface area contributed by atoms with Crippen molar-refractivity contribution in [3.05, 3.63) is 75.6 Å². The molecule has 1 N–H and O–H groups in total. The fourth-order valence-electron chi connectivity index (χ4n) is 3.17. The highest BCUT2D eigenvalue weighted by Crippen LogP contribution is 2.21. The van der Waals surface area contributed by atoms with Crippen molar-refractivity contribution < 1.29 is 18.9 Å². The number of halogens is 1. The predicted molar refractivity (Wildman–Crippen MR) is 111 cm³/mol. The van der Waals surface area contributed by atoms with Gasteiger partial charge < -0.3 is 10.2 Å². The minimum atomic E-state index is -0.739. The van der Waals surface area contributed by atoms with Gasteiger partial charge in [0.15, 0.2) is 0 Å². The molecule has 0 heterocycles. The summed E-state index contributed by atoms with van der Waals surface area (Å²) in [6, 6.07) is 11.0. The number of carbonyl (C=O) groups excluding carboxylic acids is 2. The summed E-state index contributed by atoms with van der Waals surface area (Å²) < 4.78 is 13.3. The fourth-order valence-corrected chi connectivity index (χ4v) is 3.17. The van der Waals surface area contributed by atoms with Crippen molar-refractivity contribution in [3.63, 3.8) is 0 Å². The molecular weight excluding hydrogens is 389 g/mol. The van der Waals surface area contributed by atoms with Gasteiger partial charge in [-0.2, -0.15) is 0 Å². The number of hydrogen-bond donors (Lipinski definition) is 1. The molecule has 2 rings (SSSR count). The van der Waals surface area contributed by atoms with E-state index in [0.717, 1.165) is 6.42 Å². The van der Waals surface area contributed by atoms with E-state index in [-0.39, 0.29) is 30.1 Å². The number of benzene rings is 2. The SMILES string of the molecule is CCCNC(=O)[C@H](CC)N(Cc1ccc(F)cc1)C(=O)Cc1ccccc1[N+](=O)[O-]. The highest BCUT2D eigenvalue weighted by atomic mass is 19.1. The van der Waals surface area contributed by atoms with E-state index < -0.39 is 22.7 Å². The zero-order valence-corrected chi connectivity index (χ0v) is 17.1. The van der Waals surface area contributed by atoms with Crippen molar-refractivity contribution >= 4 is 17.5 Å². The first kappa shape index (κ1) is 23.0. The van der Waals surface area contributed by atoms with Crippen LogP contribution in [0.4, 0.5) is 10.1 Å². The van der Waals surface area contributed by atoms with Crippen LogP contribution in [0.1, 0.15) is 37.8 Å². The van der Waals surface area contributed by atoms with Crippen LogP contribution in [0, 0.1) is 15.9 Å². The van der Waals surface area contributed by atoms with Crippen LogP contribution in [0.3, 0.4) is 0 Å². The van der Waals surface area contributed by atoms with Crippen molar-refractivity contribution in [1.82, 2.24) is 10.2 Å². The van der Waals surface area contributed by atoms with Gasteiger partial charge in [-0.1, -0.05) is 44.2 Å². The van der Waals surface area contributed by atoms with Crippen molar-refractivity contribution in [2.45, 2.75) is 45.7 Å². The average molecular weight is 415 g/mol. The Morgan fingerprint density at radius 3 is 2.40 bits per heavy atom. The third-order valence-electron chi connectivity index (χ3n) is 4.73. The number of nitro benzene ring substituents is 1. The summed E-state index contributed by atoms with van der Waals surface area (Å²) in [6.45, 7) is 4.30. The second kappa shape index (κ2) is 11.0. The molecule has 0 aliphatic heterocycles. The number of nitro groups is 1. The van der Waals surface area contributed by atoms with E-state index in [1.165, 1.54) is 35.2 Å². The maximum absolute atomic E-state index is 13.3. The monoisotopic (exact) mass is 415 g/mol. The van der Waals surface area contributed by atoms with Crippen LogP contribution in [0.15, 0.2) is 48.5 Å². The summed E-state index contributed by atoms with van der Waals surface area (Å²) in [5.74, 6) is -1.09. The van der Waals surface area contributed by atoms with Crippen LogP contribution in [0.25, 0.3) is 0 Å². The van der Waals surface area contributed by atoms with Crippen LogP contribution in [0.2, 0.25) is 0 Å². The van der Waals surface area contributed by atoms with Crippen LogP contribution in [0.5, 0.6) is 0 Å². The molecule has 0 aromatic heterocycles. The lowest BCUT2D eigenvalue weighted by atomic mass is 10.1. The highest BCUT2D eigenvalue weighted by Gasteiger charge is 2.29. The zero-order valence-electron chi connectivity index (χ0n) is 17.1. The molecule has 8 heteroatoms. The lowest BCUT2D eigenvalue weighted by molar-refractivity contribution is -0.385. The summed E-state index contributed by atoms with van der Waals surface area (Å²) in [4.78, 5) is 38.0. The third-order valence-corrected chi connectivity index (χ3v) is 4.73. The Hall–Kier alpha value is -3.29. The molecule has 0 aliphatic carbocycles. The molecule has 0 saturated carbocycles. The van der Waals surface area contributed by atoms with Gasteiger partial charge in [0.05, 0.1) is 11.3 Å². The zero-order chi connectivity index (χ0) is 22.1. The molecule has 0 unspecified atom stereocenters. The first-order chi connectivity index (χ1) is 14.4. The molecule has 0 spiro atoms. The van der Waals surface area contributed by atoms with Crippen molar-refractivity contribution in [3.8, 4) is 0 Å². The summed E-state index contributed by atoms with van der Waals surface area (Å²) in [7, 11) is 0. The van der Waals surface area contributed by atoms with E-state index in [1.807, 2.05) is 6.92 Å². The van der Waals surface area contributed by atoms with Gasteiger partial charge in [0.25, 0.3) is 5.69 Å². The minimum Gasteiger partial charge on any atom is -0.354 e. The summed E-state index contributed by atoms with van der Waals surface area (Å²) in [5, 5.41) is 14.1. The van der Waals surface area contributed by atoms with Crippen molar-refractivity contribution in [2.75, 3.05) is 6.54 Å². The number of rotatable bonds is 10. The largest absolute Gasteiger partial charge is 0.354 e. The van der Waals surface area contributed by atoms with Gasteiger partial charge in [0.2, 0.25) is 11.8 Å². The van der Waals surface area contributed by atoms with E-state index >= 15 is 0 Å². The maximum Gasteiger partial charge on any atom is 0.273 e. The topological polar surface area (TPSA) is 92.6 Å². The summed E-state index contributed by atoms with van der Waals surface area (Å²) in [5.41, 5.74) is 0.797. The molecule has 2 aromatic rings. The highest BCUT2D eigenvalue weighted by molar-refractivity contribution is 5.88. The van der Waals surface area contributed by atoms with Crippen LogP contribution in [-0.2, 0) is 22.6 Å². The van der Waals surface area contributed by atoms with Crippen LogP contribution >= 0.6 is 0 Å². The Morgan fingerprint density at radius 1 is 1.13 bits per heavy atom. The number of carbonyl (C=O) groups is 2. The van der Waals surface area contributed by atoms with E-state index in [1.54, 1.807) is 25.1 Å². The molecule has 0 radical (unpaired) electrons. The van der Waals surface area contributed by atoms with Gasteiger partial charge in [-0.25, -0.2) is 4.39 Å². The smallest absolute Gasteiger partial charge is 0.273 e. The molecule has 2 amide bonds. The second-order valence-electron chi connectivity index (χ2n) is 6.93. The normalized spacial score (nSPS) is 11.6. The van der Waals surface area contributed by atoms with E-state index in [2.05, 4.69) is 5.32 Å². The van der Waals surface area contributed by atoms with Gasteiger partial charge in [-0.05, 0) is 30.5 Å². The molecule has 7 nitrogen and oxygen atoms in total. The molecule has 0 bridgehead atoms. The van der Waals surface area contributed by atoms with Gasteiger partial charge >= 0.3 is 0 Å². The average Bonchev–Trinajstić information content (AvgIpc) is 2.73. The number of nitrogens with one attached hydrogen (secondary N) is 1. The van der Waals surface area contributed by atoms with Gasteiger partial charge in [-0.15, -0.1) is 0 Å². The standard InChI is InChI=1S/C22H26FN3O4/c1-3-13-24-22(28)19(4-2)25(15-16-9-11-18(23)12-10-16)21(27)14-17-7-5-6-8-20(17)26(29)30/h5-12,19H,3-4,13-15H2,1-2H3,(H,24,28)/t19-/m0/s1. The van der Waals surface area contributed by atoms with Gasteiger partial charge in [0, 0.05) is 24.7 Å². The molecule has 1 atom stereocenters. The van der Waals surface area contributed by atoms with Crippen LogP contribution in [-0.4, -0.2) is 34.2 Å². The molecule has 2 aromatic carbocycles. The van der Waals surface area contributed by atoms with Gasteiger partial charge in [0.1, 0.15) is 11.9 Å². The number of amides is 2. The molecular formula is C22H26FN3O4. The molecule has 0 aliphatic rings. The lowest BCUT2D eigenvalue weighted by Gasteiger charge is -2.30. The first-order valence-electron chi connectivity index (χ1n) is 9.91. The number of nitrogens with zero attached hydrogens (tertiary/aromatic N) is 2. The van der Waals surface area contributed by atoms with Crippen molar-refractivity contribution in [1.29, 1.82) is 0 Å². The minimum absolute atomic E-state index is 0.0950. The summed E-state index contributed by atoms with van der Waals surface area (Å²) >= 11 is 0. The Labute approximate surface area is 175 Å². The molecule has 0 fully saturated rings. The molecule has 160 valence electrons. The van der Waals surface area contributed by atoms with Gasteiger partial charge in [-0.3, -0.25) is 19.7 Å². The molecule has 0 saturated heterocycles. The Kier molecular flexibility index (Phi) is 8.46. The second-order valence-corrected chi connectivity index (χ2v) is 6.93. The third kappa shape index (κ3) is 6.10. The maximum atomic E-state index is 13.3. The van der Waals surface area contributed by atoms with Crippen molar-refractivity contribution in [2.24, 2.45) is 0 Å².